The van der Waals surface area contributed by atoms with Gasteiger partial charge in [-0.15, -0.1) is 0 Å². The van der Waals surface area contributed by atoms with Gasteiger partial charge in [0.2, 0.25) is 5.69 Å². The molecule has 6 nitrogen and oxygen atoms in total. The summed E-state index contributed by atoms with van der Waals surface area (Å²) in [6.45, 7) is 0. The molecule has 8 heteroatoms. The van der Waals surface area contributed by atoms with E-state index in [1.54, 1.807) is 36.4 Å². The van der Waals surface area contributed by atoms with Gasteiger partial charge in [-0.1, -0.05) is 45.6 Å². The van der Waals surface area contributed by atoms with Gasteiger partial charge >= 0.3 is 5.97 Å². The Morgan fingerprint density at radius 2 is 1.83 bits per heavy atom. The molecular formula is C15H9Cl2N3O3. The zero-order chi connectivity index (χ0) is 16.4. The van der Waals surface area contributed by atoms with E-state index in [1.165, 1.54) is 0 Å². The largest absolute Gasteiger partial charge is 0.476 e. The molecule has 0 unspecified atom stereocenters. The fourth-order valence-electron chi connectivity index (χ4n) is 2.00. The first kappa shape index (κ1) is 15.3. The third-order valence-corrected chi connectivity index (χ3v) is 3.41. The van der Waals surface area contributed by atoms with Crippen molar-refractivity contribution in [1.29, 1.82) is 0 Å². The summed E-state index contributed by atoms with van der Waals surface area (Å²) in [7, 11) is 0. The second kappa shape index (κ2) is 6.28. The number of ether oxygens (including phenoxy) is 1. The number of aromatic nitrogens is 3. The van der Waals surface area contributed by atoms with Gasteiger partial charge in [-0.05, 0) is 41.5 Å². The van der Waals surface area contributed by atoms with Crippen LogP contribution < -0.4 is 4.74 Å². The number of carboxylic acids is 1. The topological polar surface area (TPSA) is 88.1 Å². The molecule has 0 amide bonds. The summed E-state index contributed by atoms with van der Waals surface area (Å²) in [4.78, 5) is 11.0. The molecule has 1 aromatic heterocycles. The van der Waals surface area contributed by atoms with Crippen LogP contribution in [0.5, 0.6) is 11.6 Å². The lowest BCUT2D eigenvalue weighted by Crippen LogP contribution is -1.99. The minimum Gasteiger partial charge on any atom is -0.476 e. The third-order valence-electron chi connectivity index (χ3n) is 2.97. The molecule has 116 valence electrons. The van der Waals surface area contributed by atoms with Gasteiger partial charge in [-0.25, -0.2) is 9.89 Å². The van der Waals surface area contributed by atoms with Gasteiger partial charge < -0.3 is 9.84 Å². The van der Waals surface area contributed by atoms with E-state index in [0.29, 0.717) is 15.8 Å². The second-order valence-electron chi connectivity index (χ2n) is 4.59. The number of nitrogens with one attached hydrogen (secondary N) is 1. The number of nitrogens with zero attached hydrogens (tertiary/aromatic N) is 2. The van der Waals surface area contributed by atoms with Crippen molar-refractivity contribution < 1.29 is 14.6 Å². The summed E-state index contributed by atoms with van der Waals surface area (Å²) < 4.78 is 5.48. The SMILES string of the molecule is O=C(O)c1[nH]nnc1Oc1cccc(-c2cc(Cl)cc(Cl)c2)c1. The van der Waals surface area contributed by atoms with Gasteiger partial charge in [0, 0.05) is 10.0 Å². The van der Waals surface area contributed by atoms with Gasteiger partial charge in [0.15, 0.2) is 0 Å². The van der Waals surface area contributed by atoms with Crippen molar-refractivity contribution in [2.75, 3.05) is 0 Å². The summed E-state index contributed by atoms with van der Waals surface area (Å²) in [5.41, 5.74) is 1.40. The summed E-state index contributed by atoms with van der Waals surface area (Å²) in [5, 5.41) is 19.3. The van der Waals surface area contributed by atoms with Gasteiger partial charge in [-0.2, -0.15) is 0 Å². The number of halogens is 2. The van der Waals surface area contributed by atoms with Gasteiger partial charge in [0.1, 0.15) is 5.75 Å². The van der Waals surface area contributed by atoms with Crippen LogP contribution in [0.3, 0.4) is 0 Å². The molecule has 0 aliphatic rings. The van der Waals surface area contributed by atoms with E-state index in [1.807, 2.05) is 6.07 Å². The molecule has 0 saturated carbocycles. The zero-order valence-electron chi connectivity index (χ0n) is 11.5. The number of rotatable bonds is 4. The van der Waals surface area contributed by atoms with Crippen molar-refractivity contribution in [1.82, 2.24) is 15.4 Å². The van der Waals surface area contributed by atoms with E-state index in [9.17, 15) is 4.79 Å². The first-order valence-corrected chi connectivity index (χ1v) is 7.17. The van der Waals surface area contributed by atoms with Crippen LogP contribution in [-0.2, 0) is 0 Å². The predicted molar refractivity (Wildman–Crippen MR) is 85.3 cm³/mol. The van der Waals surface area contributed by atoms with E-state index in [4.69, 9.17) is 33.0 Å². The smallest absolute Gasteiger partial charge is 0.359 e. The van der Waals surface area contributed by atoms with Crippen LogP contribution in [0.4, 0.5) is 0 Å². The molecule has 2 N–H and O–H groups in total. The van der Waals surface area contributed by atoms with E-state index >= 15 is 0 Å². The van der Waals surface area contributed by atoms with E-state index in [0.717, 1.165) is 11.1 Å². The molecule has 0 fully saturated rings. The number of carbonyl (C=O) groups is 1. The number of aromatic amines is 1. The van der Waals surface area contributed by atoms with Crippen LogP contribution in [0.1, 0.15) is 10.5 Å². The van der Waals surface area contributed by atoms with Crippen molar-refractivity contribution in [2.45, 2.75) is 0 Å². The maximum atomic E-state index is 11.0. The molecule has 2 aromatic carbocycles. The average molecular weight is 350 g/mol. The van der Waals surface area contributed by atoms with Crippen LogP contribution in [0.25, 0.3) is 11.1 Å². The maximum Gasteiger partial charge on any atom is 0.359 e. The Balaban J connectivity index is 1.94. The molecular weight excluding hydrogens is 341 g/mol. The lowest BCUT2D eigenvalue weighted by molar-refractivity contribution is 0.0687. The molecule has 0 bridgehead atoms. The predicted octanol–water partition coefficient (Wildman–Crippen LogP) is 4.27. The molecule has 1 heterocycles. The molecule has 0 aliphatic heterocycles. The van der Waals surface area contributed by atoms with E-state index in [-0.39, 0.29) is 11.6 Å². The highest BCUT2D eigenvalue weighted by Crippen LogP contribution is 2.31. The molecule has 0 aliphatic carbocycles. The number of aromatic carboxylic acids is 1. The molecule has 23 heavy (non-hydrogen) atoms. The van der Waals surface area contributed by atoms with Crippen LogP contribution >= 0.6 is 23.2 Å². The Morgan fingerprint density at radius 1 is 1.09 bits per heavy atom. The molecule has 3 rings (SSSR count). The van der Waals surface area contributed by atoms with Crippen molar-refractivity contribution in [3.8, 4) is 22.8 Å². The first-order chi connectivity index (χ1) is 11.0. The Morgan fingerprint density at radius 3 is 2.52 bits per heavy atom. The van der Waals surface area contributed by atoms with E-state index in [2.05, 4.69) is 15.4 Å². The molecule has 0 atom stereocenters. The van der Waals surface area contributed by atoms with Crippen molar-refractivity contribution in [3.05, 3.63) is 58.2 Å². The van der Waals surface area contributed by atoms with Crippen LogP contribution in [0.15, 0.2) is 42.5 Å². The molecule has 0 spiro atoms. The van der Waals surface area contributed by atoms with Crippen molar-refractivity contribution in [2.24, 2.45) is 0 Å². The number of hydrogen-bond acceptors (Lipinski definition) is 4. The quantitative estimate of drug-likeness (QED) is 0.734. The lowest BCUT2D eigenvalue weighted by Gasteiger charge is -2.07. The van der Waals surface area contributed by atoms with Crippen LogP contribution in [-0.4, -0.2) is 26.5 Å². The zero-order valence-corrected chi connectivity index (χ0v) is 13.0. The minimum absolute atomic E-state index is 0.112. The van der Waals surface area contributed by atoms with Gasteiger partial charge in [-0.3, -0.25) is 0 Å². The molecule has 3 aromatic rings. The lowest BCUT2D eigenvalue weighted by atomic mass is 10.1. The second-order valence-corrected chi connectivity index (χ2v) is 5.46. The molecule has 0 saturated heterocycles. The monoisotopic (exact) mass is 349 g/mol. The Hall–Kier alpha value is -2.57. The Kier molecular flexibility index (Phi) is 4.18. The number of H-pyrrole nitrogens is 1. The average Bonchev–Trinajstić information content (AvgIpc) is 2.95. The standard InChI is InChI=1S/C15H9Cl2N3O3/c16-10-4-9(5-11(17)7-10)8-2-1-3-12(6-8)23-14-13(15(21)22)18-20-19-14/h1-7H,(H,21,22)(H,18,19,20). The fourth-order valence-corrected chi connectivity index (χ4v) is 2.53. The van der Waals surface area contributed by atoms with Gasteiger partial charge in [0.05, 0.1) is 0 Å². The number of hydrogen-bond donors (Lipinski definition) is 2. The van der Waals surface area contributed by atoms with Crippen molar-refractivity contribution >= 4 is 29.2 Å². The fraction of sp³-hybridized carbons (Fsp3) is 0. The summed E-state index contributed by atoms with van der Waals surface area (Å²) in [5.74, 6) is -0.906. The van der Waals surface area contributed by atoms with Crippen molar-refractivity contribution in [3.63, 3.8) is 0 Å². The summed E-state index contributed by atoms with van der Waals surface area (Å²) in [6, 6.07) is 12.2. The van der Waals surface area contributed by atoms with E-state index < -0.39 is 5.97 Å². The highest BCUT2D eigenvalue weighted by molar-refractivity contribution is 6.35. The number of carboxylic acid groups (broad SMARTS) is 1. The Labute approximate surface area is 140 Å². The minimum atomic E-state index is -1.21. The summed E-state index contributed by atoms with van der Waals surface area (Å²) in [6.07, 6.45) is 0. The maximum absolute atomic E-state index is 11.0. The van der Waals surface area contributed by atoms with Gasteiger partial charge in [0.25, 0.3) is 5.88 Å². The highest BCUT2D eigenvalue weighted by Gasteiger charge is 2.16. The molecule has 0 radical (unpaired) electrons. The first-order valence-electron chi connectivity index (χ1n) is 6.41. The third kappa shape index (κ3) is 3.44. The normalized spacial score (nSPS) is 10.5. The highest BCUT2D eigenvalue weighted by atomic mass is 35.5. The van der Waals surface area contributed by atoms with Crippen LogP contribution in [0.2, 0.25) is 10.0 Å². The summed E-state index contributed by atoms with van der Waals surface area (Å²) >= 11 is 12.0. The Bertz CT molecular complexity index is 860. The number of benzene rings is 2. The van der Waals surface area contributed by atoms with Crippen LogP contribution in [0, 0.1) is 0 Å².